The van der Waals surface area contributed by atoms with Crippen LogP contribution in [-0.4, -0.2) is 17.0 Å². The smallest absolute Gasteiger partial charge is 0.338 e. The highest BCUT2D eigenvalue weighted by molar-refractivity contribution is 6.32. The second-order valence-electron chi connectivity index (χ2n) is 5.39. The molecule has 0 spiro atoms. The first-order valence-corrected chi connectivity index (χ1v) is 7.54. The molecule has 21 heavy (non-hydrogen) atoms. The zero-order valence-electron chi connectivity index (χ0n) is 11.9. The molecule has 1 aliphatic rings. The minimum atomic E-state index is -0.604. The minimum Gasteiger partial charge on any atom is -0.459 e. The van der Waals surface area contributed by atoms with E-state index in [9.17, 15) is 14.9 Å². The number of nitrogens with zero attached hydrogens (tertiary/aromatic N) is 1. The zero-order valence-corrected chi connectivity index (χ0v) is 12.6. The Kier molecular flexibility index (Phi) is 5.17. The highest BCUT2D eigenvalue weighted by Gasteiger charge is 2.25. The lowest BCUT2D eigenvalue weighted by Gasteiger charge is -2.28. The van der Waals surface area contributed by atoms with E-state index in [4.69, 9.17) is 16.3 Å². The van der Waals surface area contributed by atoms with Crippen LogP contribution in [-0.2, 0) is 4.74 Å². The summed E-state index contributed by atoms with van der Waals surface area (Å²) in [5, 5.41) is 10.9. The fraction of sp³-hybridized carbons (Fsp3) is 0.533. The van der Waals surface area contributed by atoms with E-state index in [0.29, 0.717) is 5.92 Å². The van der Waals surface area contributed by atoms with Crippen LogP contribution in [0.15, 0.2) is 18.2 Å². The van der Waals surface area contributed by atoms with Crippen molar-refractivity contribution in [3.05, 3.63) is 38.9 Å². The number of esters is 1. The summed E-state index contributed by atoms with van der Waals surface area (Å²) in [5.74, 6) is 0.0765. The molecule has 114 valence electrons. The molecule has 0 heterocycles. The molecule has 0 N–H and O–H groups in total. The van der Waals surface area contributed by atoms with Crippen LogP contribution < -0.4 is 0 Å². The average molecular weight is 312 g/mol. The van der Waals surface area contributed by atoms with Gasteiger partial charge in [-0.05, 0) is 37.3 Å². The van der Waals surface area contributed by atoms with Crippen LogP contribution in [0.3, 0.4) is 0 Å². The monoisotopic (exact) mass is 311 g/mol. The van der Waals surface area contributed by atoms with Gasteiger partial charge in [0, 0.05) is 6.07 Å². The lowest BCUT2D eigenvalue weighted by Crippen LogP contribution is -2.25. The van der Waals surface area contributed by atoms with Crippen molar-refractivity contribution in [1.29, 1.82) is 0 Å². The molecule has 0 amide bonds. The molecular formula is C15H18ClNO4. The molecule has 1 fully saturated rings. The zero-order chi connectivity index (χ0) is 15.4. The van der Waals surface area contributed by atoms with Crippen LogP contribution in [0.1, 0.15) is 49.4 Å². The fourth-order valence-corrected chi connectivity index (χ4v) is 2.91. The predicted molar refractivity (Wildman–Crippen MR) is 79.6 cm³/mol. The van der Waals surface area contributed by atoms with Crippen molar-refractivity contribution in [3.8, 4) is 0 Å². The summed E-state index contributed by atoms with van der Waals surface area (Å²) >= 11 is 5.73. The van der Waals surface area contributed by atoms with Crippen LogP contribution in [0.5, 0.6) is 0 Å². The van der Waals surface area contributed by atoms with Gasteiger partial charge in [-0.1, -0.05) is 31.4 Å². The molecule has 0 saturated heterocycles. The lowest BCUT2D eigenvalue weighted by atomic mass is 9.85. The van der Waals surface area contributed by atoms with E-state index in [-0.39, 0.29) is 22.4 Å². The van der Waals surface area contributed by atoms with Gasteiger partial charge in [-0.2, -0.15) is 0 Å². The second-order valence-corrected chi connectivity index (χ2v) is 5.80. The van der Waals surface area contributed by atoms with Crippen molar-refractivity contribution in [1.82, 2.24) is 0 Å². The maximum absolute atomic E-state index is 12.1. The molecule has 1 aromatic carbocycles. The maximum Gasteiger partial charge on any atom is 0.338 e. The Balaban J connectivity index is 2.06. The molecule has 5 nitrogen and oxygen atoms in total. The van der Waals surface area contributed by atoms with E-state index in [1.54, 1.807) is 0 Å². The number of hydrogen-bond acceptors (Lipinski definition) is 4. The summed E-state index contributed by atoms with van der Waals surface area (Å²) in [6.45, 7) is 2.14. The van der Waals surface area contributed by atoms with E-state index >= 15 is 0 Å². The first-order chi connectivity index (χ1) is 10.0. The molecule has 6 heteroatoms. The Morgan fingerprint density at radius 1 is 1.48 bits per heavy atom. The molecule has 0 aromatic heterocycles. The number of halogens is 1. The van der Waals surface area contributed by atoms with Crippen molar-refractivity contribution in [3.63, 3.8) is 0 Å². The topological polar surface area (TPSA) is 69.4 Å². The highest BCUT2D eigenvalue weighted by Crippen LogP contribution is 2.30. The maximum atomic E-state index is 12.1. The van der Waals surface area contributed by atoms with Crippen molar-refractivity contribution in [2.75, 3.05) is 0 Å². The number of carbonyl (C=O) groups excluding carboxylic acids is 1. The molecule has 0 aliphatic heterocycles. The van der Waals surface area contributed by atoms with Gasteiger partial charge in [0.15, 0.2) is 0 Å². The van der Waals surface area contributed by atoms with Gasteiger partial charge >= 0.3 is 5.97 Å². The normalized spacial score (nSPS) is 21.8. The van der Waals surface area contributed by atoms with Crippen molar-refractivity contribution < 1.29 is 14.5 Å². The Labute approximate surface area is 128 Å². The number of ether oxygens (including phenoxy) is 1. The lowest BCUT2D eigenvalue weighted by molar-refractivity contribution is -0.384. The van der Waals surface area contributed by atoms with Crippen LogP contribution in [0.2, 0.25) is 5.02 Å². The standard InChI is InChI=1S/C15H18ClNO4/c1-2-10-4-3-5-12(8-10)21-15(18)11-6-7-13(16)14(9-11)17(19)20/h6-7,9-10,12H,2-5,8H2,1H3. The molecular weight excluding hydrogens is 294 g/mol. The third-order valence-corrected chi connectivity index (χ3v) is 4.28. The molecule has 1 aliphatic carbocycles. The van der Waals surface area contributed by atoms with Crippen LogP contribution in [0.25, 0.3) is 0 Å². The second kappa shape index (κ2) is 6.89. The Morgan fingerprint density at radius 2 is 2.24 bits per heavy atom. The number of hydrogen-bond donors (Lipinski definition) is 0. The number of nitro groups is 1. The largest absolute Gasteiger partial charge is 0.459 e. The average Bonchev–Trinajstić information content (AvgIpc) is 2.47. The number of carbonyl (C=O) groups is 1. The minimum absolute atomic E-state index is 0.0141. The van der Waals surface area contributed by atoms with Gasteiger partial charge in [0.1, 0.15) is 11.1 Å². The van der Waals surface area contributed by atoms with Crippen LogP contribution in [0.4, 0.5) is 5.69 Å². The molecule has 2 rings (SSSR count). The Bertz CT molecular complexity index is 546. The summed E-state index contributed by atoms with van der Waals surface area (Å²) < 4.78 is 5.48. The third kappa shape index (κ3) is 3.94. The SMILES string of the molecule is CCC1CCCC(OC(=O)c2ccc(Cl)c([N+](=O)[O-])c2)C1. The molecule has 0 radical (unpaired) electrons. The van der Waals surface area contributed by atoms with Gasteiger partial charge < -0.3 is 4.74 Å². The van der Waals surface area contributed by atoms with Gasteiger partial charge in [0.2, 0.25) is 0 Å². The van der Waals surface area contributed by atoms with Gasteiger partial charge in [0.25, 0.3) is 5.69 Å². The molecule has 2 unspecified atom stereocenters. The highest BCUT2D eigenvalue weighted by atomic mass is 35.5. The first-order valence-electron chi connectivity index (χ1n) is 7.16. The van der Waals surface area contributed by atoms with E-state index in [0.717, 1.165) is 25.7 Å². The predicted octanol–water partition coefficient (Wildman–Crippen LogP) is 4.37. The number of nitro benzene ring substituents is 1. The van der Waals surface area contributed by atoms with Crippen molar-refractivity contribution >= 4 is 23.3 Å². The quantitative estimate of drug-likeness (QED) is 0.470. The van der Waals surface area contributed by atoms with Gasteiger partial charge in [-0.3, -0.25) is 10.1 Å². The number of benzene rings is 1. The summed E-state index contributed by atoms with van der Waals surface area (Å²) in [6.07, 6.45) is 4.95. The van der Waals surface area contributed by atoms with E-state index in [1.807, 2.05) is 0 Å². The Hall–Kier alpha value is -1.62. The number of rotatable bonds is 4. The first kappa shape index (κ1) is 15.8. The van der Waals surface area contributed by atoms with Gasteiger partial charge in [-0.25, -0.2) is 4.79 Å². The van der Waals surface area contributed by atoms with E-state index < -0.39 is 10.9 Å². The summed E-state index contributed by atoms with van der Waals surface area (Å²) in [6, 6.07) is 3.98. The molecule has 2 atom stereocenters. The summed E-state index contributed by atoms with van der Waals surface area (Å²) in [5.41, 5.74) is -0.106. The fourth-order valence-electron chi connectivity index (χ4n) is 2.72. The van der Waals surface area contributed by atoms with Crippen LogP contribution in [0, 0.1) is 16.0 Å². The molecule has 0 bridgehead atoms. The third-order valence-electron chi connectivity index (χ3n) is 3.96. The van der Waals surface area contributed by atoms with Crippen LogP contribution >= 0.6 is 11.6 Å². The van der Waals surface area contributed by atoms with Gasteiger partial charge in [-0.15, -0.1) is 0 Å². The van der Waals surface area contributed by atoms with E-state index in [1.165, 1.54) is 24.6 Å². The molecule has 1 saturated carbocycles. The van der Waals surface area contributed by atoms with Crippen molar-refractivity contribution in [2.24, 2.45) is 5.92 Å². The molecule has 1 aromatic rings. The Morgan fingerprint density at radius 3 is 2.90 bits per heavy atom. The van der Waals surface area contributed by atoms with Gasteiger partial charge in [0.05, 0.1) is 10.5 Å². The van der Waals surface area contributed by atoms with E-state index in [2.05, 4.69) is 6.92 Å². The van der Waals surface area contributed by atoms with Crippen molar-refractivity contribution in [2.45, 2.75) is 45.1 Å². The summed E-state index contributed by atoms with van der Waals surface area (Å²) in [7, 11) is 0. The summed E-state index contributed by atoms with van der Waals surface area (Å²) in [4.78, 5) is 22.3.